The van der Waals surface area contributed by atoms with Crippen molar-refractivity contribution in [1.82, 2.24) is 0 Å². The second-order valence-corrected chi connectivity index (χ2v) is 8.66. The van der Waals surface area contributed by atoms with Gasteiger partial charge in [0, 0.05) is 5.41 Å². The van der Waals surface area contributed by atoms with Crippen molar-refractivity contribution in [1.29, 1.82) is 0 Å². The molecule has 0 aromatic heterocycles. The van der Waals surface area contributed by atoms with Gasteiger partial charge in [0.15, 0.2) is 5.78 Å². The smallest absolute Gasteiger partial charge is 0.296 e. The lowest BCUT2D eigenvalue weighted by Crippen LogP contribution is -2.32. The van der Waals surface area contributed by atoms with E-state index in [0.717, 1.165) is 6.42 Å². The van der Waals surface area contributed by atoms with Crippen LogP contribution in [0, 0.1) is 11.3 Å². The first-order chi connectivity index (χ1) is 10.8. The van der Waals surface area contributed by atoms with E-state index in [4.69, 9.17) is 4.18 Å². The number of Topliss-reactive ketones (excluding diaryl/α,β-unsaturated/α-hetero) is 1. The van der Waals surface area contributed by atoms with Crippen molar-refractivity contribution < 1.29 is 17.4 Å². The Hall–Kier alpha value is -1.20. The molecular weight excluding hydrogens is 312 g/mol. The predicted molar refractivity (Wildman–Crippen MR) is 89.6 cm³/mol. The van der Waals surface area contributed by atoms with Gasteiger partial charge in [0.2, 0.25) is 0 Å². The van der Waals surface area contributed by atoms with E-state index in [2.05, 4.69) is 0 Å². The molecule has 0 aliphatic heterocycles. The van der Waals surface area contributed by atoms with E-state index in [-0.39, 0.29) is 10.7 Å². The number of hydrogen-bond acceptors (Lipinski definition) is 4. The standard InChI is InChI=1S/C18H26O4S/c1-18(2,13-15-9-5-3-6-10-15)17(19)14-22-23(20,21)16-11-7-4-8-12-16/h4,7-8,11-12,15H,3,5-6,9-10,13-14H2,1-2H3. The Morgan fingerprint density at radius 2 is 1.74 bits per heavy atom. The van der Waals surface area contributed by atoms with Gasteiger partial charge in [-0.05, 0) is 24.5 Å². The van der Waals surface area contributed by atoms with Crippen LogP contribution >= 0.6 is 0 Å². The lowest BCUT2D eigenvalue weighted by atomic mass is 9.74. The van der Waals surface area contributed by atoms with Gasteiger partial charge >= 0.3 is 0 Å². The van der Waals surface area contributed by atoms with E-state index >= 15 is 0 Å². The Labute approximate surface area is 139 Å². The third-order valence-corrected chi connectivity index (χ3v) is 5.93. The number of ketones is 1. The number of carbonyl (C=O) groups excluding carboxylic acids is 1. The minimum absolute atomic E-state index is 0.0814. The van der Waals surface area contributed by atoms with Gasteiger partial charge < -0.3 is 0 Å². The molecule has 2 rings (SSSR count). The molecule has 0 heterocycles. The minimum atomic E-state index is -3.87. The first-order valence-corrected chi connectivity index (χ1v) is 9.70. The Morgan fingerprint density at radius 3 is 2.35 bits per heavy atom. The molecule has 0 unspecified atom stereocenters. The monoisotopic (exact) mass is 338 g/mol. The first-order valence-electron chi connectivity index (χ1n) is 8.29. The predicted octanol–water partition coefficient (Wildman–Crippen LogP) is 3.96. The Kier molecular flexibility index (Phi) is 5.98. The first kappa shape index (κ1) is 18.1. The lowest BCUT2D eigenvalue weighted by Gasteiger charge is -2.30. The molecule has 0 spiro atoms. The van der Waals surface area contributed by atoms with Crippen molar-refractivity contribution in [2.24, 2.45) is 11.3 Å². The molecule has 1 aliphatic carbocycles. The second kappa shape index (κ2) is 7.58. The van der Waals surface area contributed by atoms with E-state index in [0.29, 0.717) is 5.92 Å². The van der Waals surface area contributed by atoms with Crippen LogP contribution in [0.2, 0.25) is 0 Å². The summed E-state index contributed by atoms with van der Waals surface area (Å²) in [6, 6.07) is 7.92. The van der Waals surface area contributed by atoms with Crippen molar-refractivity contribution in [2.45, 2.75) is 57.3 Å². The molecule has 4 nitrogen and oxygen atoms in total. The molecule has 1 fully saturated rings. The fourth-order valence-electron chi connectivity index (χ4n) is 3.21. The Balaban J connectivity index is 1.92. The van der Waals surface area contributed by atoms with Crippen LogP contribution in [-0.4, -0.2) is 20.8 Å². The molecule has 23 heavy (non-hydrogen) atoms. The van der Waals surface area contributed by atoms with E-state index < -0.39 is 22.1 Å². The van der Waals surface area contributed by atoms with E-state index in [1.165, 1.54) is 44.2 Å². The normalized spacial score (nSPS) is 17.1. The molecule has 1 saturated carbocycles. The molecule has 1 aromatic rings. The molecule has 128 valence electrons. The third-order valence-electron chi connectivity index (χ3n) is 4.66. The zero-order valence-corrected chi connectivity index (χ0v) is 14.8. The zero-order valence-electron chi connectivity index (χ0n) is 14.0. The summed E-state index contributed by atoms with van der Waals surface area (Å²) < 4.78 is 29.1. The summed E-state index contributed by atoms with van der Waals surface area (Å²) in [5.41, 5.74) is -0.547. The van der Waals surface area contributed by atoms with Gasteiger partial charge in [0.1, 0.15) is 6.61 Å². The van der Waals surface area contributed by atoms with E-state index in [1.54, 1.807) is 18.2 Å². The molecule has 0 saturated heterocycles. The maximum Gasteiger partial charge on any atom is 0.297 e. The maximum atomic E-state index is 12.4. The number of rotatable bonds is 7. The van der Waals surface area contributed by atoms with Gasteiger partial charge in [-0.3, -0.25) is 8.98 Å². The zero-order chi connectivity index (χ0) is 16.9. The highest BCUT2D eigenvalue weighted by molar-refractivity contribution is 7.86. The van der Waals surface area contributed by atoms with Crippen LogP contribution in [0.5, 0.6) is 0 Å². The summed E-state index contributed by atoms with van der Waals surface area (Å²) in [6.45, 7) is 3.39. The molecular formula is C18H26O4S. The van der Waals surface area contributed by atoms with Crippen molar-refractivity contribution in [3.63, 3.8) is 0 Å². The molecule has 0 N–H and O–H groups in total. The van der Waals surface area contributed by atoms with Gasteiger partial charge in [-0.25, -0.2) is 0 Å². The van der Waals surface area contributed by atoms with Crippen molar-refractivity contribution in [3.05, 3.63) is 30.3 Å². The minimum Gasteiger partial charge on any atom is -0.296 e. The maximum absolute atomic E-state index is 12.4. The lowest BCUT2D eigenvalue weighted by molar-refractivity contribution is -0.130. The number of benzene rings is 1. The molecule has 0 atom stereocenters. The van der Waals surface area contributed by atoms with Crippen LogP contribution in [0.25, 0.3) is 0 Å². The van der Waals surface area contributed by atoms with Crippen molar-refractivity contribution >= 4 is 15.9 Å². The molecule has 1 aromatic carbocycles. The highest BCUT2D eigenvalue weighted by atomic mass is 32.2. The highest BCUT2D eigenvalue weighted by Gasteiger charge is 2.32. The van der Waals surface area contributed by atoms with Crippen molar-refractivity contribution in [2.75, 3.05) is 6.61 Å². The molecule has 0 radical (unpaired) electrons. The van der Waals surface area contributed by atoms with Crippen LogP contribution in [0.3, 0.4) is 0 Å². The van der Waals surface area contributed by atoms with Gasteiger partial charge in [-0.1, -0.05) is 64.2 Å². The number of hydrogen-bond donors (Lipinski definition) is 0. The van der Waals surface area contributed by atoms with Crippen LogP contribution in [-0.2, 0) is 19.1 Å². The van der Waals surface area contributed by atoms with E-state index in [9.17, 15) is 13.2 Å². The molecule has 1 aliphatic rings. The molecule has 0 bridgehead atoms. The summed E-state index contributed by atoms with van der Waals surface area (Å²) >= 11 is 0. The van der Waals surface area contributed by atoms with Crippen LogP contribution < -0.4 is 0 Å². The van der Waals surface area contributed by atoms with Crippen LogP contribution in [0.1, 0.15) is 52.4 Å². The van der Waals surface area contributed by atoms with Crippen LogP contribution in [0.15, 0.2) is 35.2 Å². The Morgan fingerprint density at radius 1 is 1.13 bits per heavy atom. The van der Waals surface area contributed by atoms with Crippen molar-refractivity contribution in [3.8, 4) is 0 Å². The van der Waals surface area contributed by atoms with Gasteiger partial charge in [0.25, 0.3) is 10.1 Å². The fourth-order valence-corrected chi connectivity index (χ4v) is 4.10. The third kappa shape index (κ3) is 5.15. The molecule has 5 heteroatoms. The van der Waals surface area contributed by atoms with Gasteiger partial charge in [0.05, 0.1) is 4.90 Å². The topological polar surface area (TPSA) is 60.4 Å². The molecule has 0 amide bonds. The fraction of sp³-hybridized carbons (Fsp3) is 0.611. The van der Waals surface area contributed by atoms with Gasteiger partial charge in [-0.15, -0.1) is 0 Å². The summed E-state index contributed by atoms with van der Waals surface area (Å²) in [7, 11) is -3.87. The van der Waals surface area contributed by atoms with Crippen LogP contribution in [0.4, 0.5) is 0 Å². The van der Waals surface area contributed by atoms with E-state index in [1.807, 2.05) is 13.8 Å². The number of carbonyl (C=O) groups is 1. The van der Waals surface area contributed by atoms with Gasteiger partial charge in [-0.2, -0.15) is 8.42 Å². The Bertz CT molecular complexity index is 614. The quantitative estimate of drug-likeness (QED) is 0.706. The largest absolute Gasteiger partial charge is 0.297 e. The summed E-state index contributed by atoms with van der Waals surface area (Å²) in [5, 5.41) is 0. The average Bonchev–Trinajstić information content (AvgIpc) is 2.54. The SMILES string of the molecule is CC(C)(CC1CCCCC1)C(=O)COS(=O)(=O)c1ccccc1. The average molecular weight is 338 g/mol. The summed E-state index contributed by atoms with van der Waals surface area (Å²) in [5.74, 6) is 0.413. The highest BCUT2D eigenvalue weighted by Crippen LogP contribution is 2.35. The second-order valence-electron chi connectivity index (χ2n) is 7.04. The summed E-state index contributed by atoms with van der Waals surface area (Å²) in [4.78, 5) is 12.5. The summed E-state index contributed by atoms with van der Waals surface area (Å²) in [6.07, 6.45) is 6.88.